The Morgan fingerprint density at radius 2 is 2.32 bits per heavy atom. The molecule has 19 heavy (non-hydrogen) atoms. The van der Waals surface area contributed by atoms with Crippen LogP contribution in [0.2, 0.25) is 0 Å². The van der Waals surface area contributed by atoms with Gasteiger partial charge in [0.05, 0.1) is 12.2 Å². The molecular weight excluding hydrogens is 264 g/mol. The fourth-order valence-corrected chi connectivity index (χ4v) is 2.15. The van der Waals surface area contributed by atoms with E-state index < -0.39 is 6.04 Å². The van der Waals surface area contributed by atoms with E-state index in [0.29, 0.717) is 17.9 Å². The Balaban J connectivity index is 2.37. The molecule has 1 aromatic heterocycles. The third-order valence-electron chi connectivity index (χ3n) is 2.92. The number of piperazine rings is 1. The molecule has 0 aliphatic carbocycles. The van der Waals surface area contributed by atoms with Crippen LogP contribution >= 0.6 is 12.2 Å². The van der Waals surface area contributed by atoms with Crippen molar-refractivity contribution < 1.29 is 9.59 Å². The summed E-state index contributed by atoms with van der Waals surface area (Å²) < 4.78 is 0. The highest BCUT2D eigenvalue weighted by Gasteiger charge is 2.33. The molecule has 7 heteroatoms. The topological polar surface area (TPSA) is 88.3 Å². The van der Waals surface area contributed by atoms with Gasteiger partial charge in [-0.2, -0.15) is 0 Å². The van der Waals surface area contributed by atoms with Gasteiger partial charge in [0.1, 0.15) is 16.8 Å². The third-order valence-corrected chi connectivity index (χ3v) is 3.13. The first-order chi connectivity index (χ1) is 9.02. The van der Waals surface area contributed by atoms with E-state index in [1.807, 2.05) is 6.92 Å². The largest absolute Gasteiger partial charge is 0.388 e. The van der Waals surface area contributed by atoms with Crippen molar-refractivity contribution >= 4 is 34.8 Å². The lowest BCUT2D eigenvalue weighted by Gasteiger charge is -2.34. The maximum atomic E-state index is 11.8. The van der Waals surface area contributed by atoms with Crippen LogP contribution in [0.15, 0.2) is 18.2 Å². The number of pyridine rings is 1. The van der Waals surface area contributed by atoms with E-state index in [1.165, 1.54) is 0 Å². The van der Waals surface area contributed by atoms with Gasteiger partial charge in [0.25, 0.3) is 0 Å². The van der Waals surface area contributed by atoms with Crippen molar-refractivity contribution in [1.82, 2.24) is 10.3 Å². The predicted molar refractivity (Wildman–Crippen MR) is 74.7 cm³/mol. The average molecular weight is 278 g/mol. The van der Waals surface area contributed by atoms with Gasteiger partial charge in [0.2, 0.25) is 11.8 Å². The molecule has 2 amide bonds. The Morgan fingerprint density at radius 3 is 2.95 bits per heavy atom. The number of rotatable bonds is 3. The number of nitrogens with two attached hydrogens (primary N) is 1. The zero-order chi connectivity index (χ0) is 14.0. The minimum Gasteiger partial charge on any atom is -0.388 e. The van der Waals surface area contributed by atoms with Gasteiger partial charge in [-0.05, 0) is 18.6 Å². The number of thiocarbonyl (C=S) groups is 1. The SMILES string of the molecule is CCC1C(=O)NC(=O)CN1c1cccc(C(N)=S)n1. The van der Waals surface area contributed by atoms with Crippen LogP contribution in [0.5, 0.6) is 0 Å². The second-order valence-corrected chi connectivity index (χ2v) is 4.65. The zero-order valence-corrected chi connectivity index (χ0v) is 11.2. The quantitative estimate of drug-likeness (QED) is 0.595. The van der Waals surface area contributed by atoms with Crippen LogP contribution in [-0.2, 0) is 9.59 Å². The van der Waals surface area contributed by atoms with Crippen LogP contribution in [0.25, 0.3) is 0 Å². The first-order valence-electron chi connectivity index (χ1n) is 5.90. The van der Waals surface area contributed by atoms with E-state index in [1.54, 1.807) is 23.1 Å². The molecule has 100 valence electrons. The second kappa shape index (κ2) is 5.31. The van der Waals surface area contributed by atoms with Crippen LogP contribution in [0.4, 0.5) is 5.82 Å². The summed E-state index contributed by atoms with van der Waals surface area (Å²) in [5.74, 6) is -0.112. The molecule has 0 saturated carbocycles. The summed E-state index contributed by atoms with van der Waals surface area (Å²) in [5.41, 5.74) is 6.01. The van der Waals surface area contributed by atoms with Crippen LogP contribution < -0.4 is 16.0 Å². The van der Waals surface area contributed by atoms with Gasteiger partial charge in [0.15, 0.2) is 0 Å². The molecule has 0 radical (unpaired) electrons. The lowest BCUT2D eigenvalue weighted by atomic mass is 10.1. The minimum absolute atomic E-state index is 0.0953. The normalized spacial score (nSPS) is 19.2. The zero-order valence-electron chi connectivity index (χ0n) is 10.4. The molecule has 6 nitrogen and oxygen atoms in total. The maximum Gasteiger partial charge on any atom is 0.249 e. The van der Waals surface area contributed by atoms with Crippen LogP contribution in [0.3, 0.4) is 0 Å². The highest BCUT2D eigenvalue weighted by molar-refractivity contribution is 7.80. The van der Waals surface area contributed by atoms with Crippen molar-refractivity contribution in [1.29, 1.82) is 0 Å². The van der Waals surface area contributed by atoms with E-state index in [-0.39, 0.29) is 23.3 Å². The van der Waals surface area contributed by atoms with Gasteiger partial charge in [0, 0.05) is 0 Å². The Morgan fingerprint density at radius 1 is 1.58 bits per heavy atom. The number of carbonyl (C=O) groups is 2. The van der Waals surface area contributed by atoms with Gasteiger partial charge in [-0.25, -0.2) is 4.98 Å². The van der Waals surface area contributed by atoms with Gasteiger partial charge < -0.3 is 10.6 Å². The Kier molecular flexibility index (Phi) is 3.75. The van der Waals surface area contributed by atoms with E-state index in [9.17, 15) is 9.59 Å². The summed E-state index contributed by atoms with van der Waals surface area (Å²) in [6.45, 7) is 1.97. The fraction of sp³-hybridized carbons (Fsp3) is 0.333. The number of carbonyl (C=O) groups excluding carboxylic acids is 2. The van der Waals surface area contributed by atoms with Crippen molar-refractivity contribution in [2.75, 3.05) is 11.4 Å². The molecule has 1 aliphatic rings. The summed E-state index contributed by atoms with van der Waals surface area (Å²) in [6, 6.07) is 4.77. The second-order valence-electron chi connectivity index (χ2n) is 4.21. The summed E-state index contributed by atoms with van der Waals surface area (Å²) in [7, 11) is 0. The monoisotopic (exact) mass is 278 g/mol. The average Bonchev–Trinajstić information content (AvgIpc) is 2.38. The van der Waals surface area contributed by atoms with Crippen molar-refractivity contribution in [2.24, 2.45) is 5.73 Å². The third kappa shape index (κ3) is 2.70. The lowest BCUT2D eigenvalue weighted by Crippen LogP contribution is -2.58. The maximum absolute atomic E-state index is 11.8. The molecule has 0 spiro atoms. The van der Waals surface area contributed by atoms with E-state index in [0.717, 1.165) is 0 Å². The number of imide groups is 1. The molecule has 2 heterocycles. The van der Waals surface area contributed by atoms with E-state index in [2.05, 4.69) is 10.3 Å². The number of hydrogen-bond donors (Lipinski definition) is 2. The standard InChI is InChI=1S/C12H14N4O2S/c1-2-8-12(18)15-10(17)6-16(8)9-5-3-4-7(14-9)11(13)19/h3-5,8H,2,6H2,1H3,(H2,13,19)(H,15,17,18). The smallest absolute Gasteiger partial charge is 0.249 e. The number of hydrogen-bond acceptors (Lipinski definition) is 5. The van der Waals surface area contributed by atoms with Gasteiger partial charge in [-0.3, -0.25) is 14.9 Å². The number of anilines is 1. The molecule has 1 unspecified atom stereocenters. The van der Waals surface area contributed by atoms with Crippen molar-refractivity contribution in [2.45, 2.75) is 19.4 Å². The van der Waals surface area contributed by atoms with E-state index >= 15 is 0 Å². The summed E-state index contributed by atoms with van der Waals surface area (Å²) in [6.07, 6.45) is 0.581. The summed E-state index contributed by atoms with van der Waals surface area (Å²) in [5, 5.41) is 2.32. The van der Waals surface area contributed by atoms with Crippen LogP contribution in [0, 0.1) is 0 Å². The fourth-order valence-electron chi connectivity index (χ4n) is 2.03. The molecule has 2 rings (SSSR count). The van der Waals surface area contributed by atoms with E-state index in [4.69, 9.17) is 18.0 Å². The van der Waals surface area contributed by atoms with Gasteiger partial charge >= 0.3 is 0 Å². The molecule has 0 aromatic carbocycles. The van der Waals surface area contributed by atoms with Crippen molar-refractivity contribution in [3.8, 4) is 0 Å². The molecule has 1 atom stereocenters. The number of aromatic nitrogens is 1. The molecule has 1 fully saturated rings. The Labute approximate surface area is 116 Å². The Hall–Kier alpha value is -2.02. The van der Waals surface area contributed by atoms with Crippen molar-refractivity contribution in [3.63, 3.8) is 0 Å². The molecule has 3 N–H and O–H groups in total. The summed E-state index contributed by atoms with van der Waals surface area (Å²) in [4.78, 5) is 29.4. The van der Waals surface area contributed by atoms with Crippen molar-refractivity contribution in [3.05, 3.63) is 23.9 Å². The minimum atomic E-state index is -0.410. The highest BCUT2D eigenvalue weighted by atomic mass is 32.1. The van der Waals surface area contributed by atoms with Gasteiger partial charge in [-0.15, -0.1) is 0 Å². The number of nitrogens with one attached hydrogen (secondary N) is 1. The van der Waals surface area contributed by atoms with Crippen LogP contribution in [-0.4, -0.2) is 34.4 Å². The first kappa shape index (κ1) is 13.4. The molecule has 1 saturated heterocycles. The molecule has 1 aliphatic heterocycles. The highest BCUT2D eigenvalue weighted by Crippen LogP contribution is 2.19. The Bertz CT molecular complexity index is 546. The number of nitrogens with zero attached hydrogens (tertiary/aromatic N) is 2. The predicted octanol–water partition coefficient (Wildman–Crippen LogP) is -0.0428. The molecule has 0 bridgehead atoms. The van der Waals surface area contributed by atoms with Gasteiger partial charge in [-0.1, -0.05) is 25.2 Å². The molecule has 1 aromatic rings. The number of amides is 2. The first-order valence-corrected chi connectivity index (χ1v) is 6.31. The molecular formula is C12H14N4O2S. The lowest BCUT2D eigenvalue weighted by molar-refractivity contribution is -0.132. The summed E-state index contributed by atoms with van der Waals surface area (Å²) >= 11 is 4.88. The van der Waals surface area contributed by atoms with Crippen LogP contribution in [0.1, 0.15) is 19.0 Å².